The molecule has 0 radical (unpaired) electrons. The Morgan fingerprint density at radius 3 is 1.81 bits per heavy atom. The molecule has 1 aliphatic heterocycles. The molecular formula is C29H34F6N4O8. The molecule has 0 aromatic heterocycles. The van der Waals surface area contributed by atoms with Crippen LogP contribution in [0, 0.1) is 0 Å². The molecule has 0 bridgehead atoms. The number of carboxylic acids is 3. The van der Waals surface area contributed by atoms with E-state index in [1.807, 2.05) is 24.3 Å². The predicted octanol–water partition coefficient (Wildman–Crippen LogP) is 2.96. The van der Waals surface area contributed by atoms with Crippen LogP contribution in [0.15, 0.2) is 42.5 Å². The van der Waals surface area contributed by atoms with Crippen LogP contribution in [0.2, 0.25) is 0 Å². The molecular weight excluding hydrogens is 646 g/mol. The maximum absolute atomic E-state index is 12.6. The number of nitrogens with two attached hydrogens (primary N) is 2. The number of piperidine rings is 1. The zero-order valence-corrected chi connectivity index (χ0v) is 24.7. The van der Waals surface area contributed by atoms with Crippen LogP contribution in [-0.4, -0.2) is 88.0 Å². The minimum Gasteiger partial charge on any atom is -0.480 e. The van der Waals surface area contributed by atoms with Crippen LogP contribution < -0.4 is 16.8 Å². The second-order valence-corrected chi connectivity index (χ2v) is 10.0. The van der Waals surface area contributed by atoms with Crippen molar-refractivity contribution in [2.75, 3.05) is 19.6 Å². The van der Waals surface area contributed by atoms with Crippen molar-refractivity contribution in [3.63, 3.8) is 0 Å². The average Bonchev–Trinajstić information content (AvgIpc) is 3.48. The summed E-state index contributed by atoms with van der Waals surface area (Å²) in [6, 6.07) is 12.8. The molecule has 1 heterocycles. The smallest absolute Gasteiger partial charge is 0.480 e. The van der Waals surface area contributed by atoms with E-state index in [0.717, 1.165) is 44.3 Å². The van der Waals surface area contributed by atoms with Gasteiger partial charge in [-0.1, -0.05) is 18.2 Å². The number of hydrogen-bond donors (Lipinski definition) is 6. The molecule has 2 aliphatic rings. The molecule has 2 aromatic carbocycles. The number of benzene rings is 2. The van der Waals surface area contributed by atoms with E-state index in [4.69, 9.17) is 36.4 Å². The minimum atomic E-state index is -5.08. The molecule has 260 valence electrons. The number of carbonyl (C=O) groups is 5. The Balaban J connectivity index is 0.000000357. The number of alkyl halides is 6. The Morgan fingerprint density at radius 2 is 1.34 bits per heavy atom. The van der Waals surface area contributed by atoms with Crippen molar-refractivity contribution in [2.45, 2.75) is 57.0 Å². The first-order valence-corrected chi connectivity index (χ1v) is 13.8. The highest BCUT2D eigenvalue weighted by Gasteiger charge is 2.39. The van der Waals surface area contributed by atoms with E-state index >= 15 is 0 Å². The van der Waals surface area contributed by atoms with Crippen LogP contribution in [0.25, 0.3) is 0 Å². The number of fused-ring (bicyclic) bond motifs is 1. The largest absolute Gasteiger partial charge is 0.490 e. The molecule has 1 saturated heterocycles. The highest BCUT2D eigenvalue weighted by Crippen LogP contribution is 2.22. The number of nitrogens with zero attached hydrogens (tertiary/aromatic N) is 1. The third kappa shape index (κ3) is 14.5. The molecule has 1 fully saturated rings. The highest BCUT2D eigenvalue weighted by molar-refractivity contribution is 5.96. The number of amides is 2. The van der Waals surface area contributed by atoms with E-state index in [1.165, 1.54) is 22.4 Å². The molecule has 2 aromatic rings. The summed E-state index contributed by atoms with van der Waals surface area (Å²) >= 11 is 0. The normalized spacial score (nSPS) is 14.0. The number of primary amides is 1. The summed E-state index contributed by atoms with van der Waals surface area (Å²) in [6.07, 6.45) is -5.17. The molecule has 12 nitrogen and oxygen atoms in total. The van der Waals surface area contributed by atoms with Gasteiger partial charge in [0, 0.05) is 23.7 Å². The number of nitrogens with one attached hydrogen (secondary N) is 1. The Bertz CT molecular complexity index is 1370. The molecule has 1 aliphatic carbocycles. The molecule has 8 N–H and O–H groups in total. The summed E-state index contributed by atoms with van der Waals surface area (Å²) < 4.78 is 63.5. The number of aryl methyl sites for hydroxylation is 2. The van der Waals surface area contributed by atoms with E-state index in [0.29, 0.717) is 17.7 Å². The average molecular weight is 681 g/mol. The fraction of sp³-hybridized carbons (Fsp3) is 0.414. The molecule has 0 atom stereocenters. The Kier molecular flexibility index (Phi) is 15.8. The molecule has 0 spiro atoms. The van der Waals surface area contributed by atoms with Crippen LogP contribution in [0.1, 0.15) is 56.7 Å². The topological polar surface area (TPSA) is 213 Å². The number of carbonyl (C=O) groups excluding carboxylic acids is 2. The standard InChI is InChI=1S/C15H21N3O3.C10H11NO.2C2HF3O2/c16-9-11-2-1-3-12(8-11)15(21)18(10-14(19)20)13-4-6-17-7-5-13;11-10(12)9-5-4-7-2-1-3-8(7)6-9;2*3-2(4,5)1(6)7/h1-3,8,13,17H,4-7,9-10,16H2,(H,19,20);4-6H,1-3H2,(H2,11,12);2*(H,6,7). The molecule has 2 amide bonds. The summed E-state index contributed by atoms with van der Waals surface area (Å²) in [5.74, 6) is -7.07. The highest BCUT2D eigenvalue weighted by atomic mass is 19.4. The van der Waals surface area contributed by atoms with Crippen molar-refractivity contribution in [1.29, 1.82) is 0 Å². The number of rotatable bonds is 6. The maximum Gasteiger partial charge on any atom is 0.490 e. The minimum absolute atomic E-state index is 0.0311. The monoisotopic (exact) mass is 680 g/mol. The summed E-state index contributed by atoms with van der Waals surface area (Å²) in [5.41, 5.74) is 15.4. The van der Waals surface area contributed by atoms with E-state index in [9.17, 15) is 40.7 Å². The number of hydrogen-bond acceptors (Lipinski definition) is 7. The van der Waals surface area contributed by atoms with E-state index in [2.05, 4.69) is 5.32 Å². The van der Waals surface area contributed by atoms with Gasteiger partial charge in [0.1, 0.15) is 6.54 Å². The van der Waals surface area contributed by atoms with Gasteiger partial charge < -0.3 is 37.0 Å². The molecule has 4 rings (SSSR count). The zero-order chi connectivity index (χ0) is 35.9. The number of carboxylic acid groups (broad SMARTS) is 3. The van der Waals surface area contributed by atoms with Gasteiger partial charge in [0.2, 0.25) is 5.91 Å². The van der Waals surface area contributed by atoms with Crippen molar-refractivity contribution in [3.05, 3.63) is 70.3 Å². The molecule has 0 unspecified atom stereocenters. The fourth-order valence-corrected chi connectivity index (χ4v) is 4.35. The Labute approximate surface area is 264 Å². The van der Waals surface area contributed by atoms with Gasteiger partial charge in [-0.15, -0.1) is 0 Å². The van der Waals surface area contributed by atoms with Gasteiger partial charge in [-0.2, -0.15) is 26.3 Å². The van der Waals surface area contributed by atoms with E-state index in [-0.39, 0.29) is 24.4 Å². The van der Waals surface area contributed by atoms with Gasteiger partial charge >= 0.3 is 30.3 Å². The number of aliphatic carboxylic acids is 3. The Hall–Kier alpha value is -4.71. The SMILES string of the molecule is NC(=O)c1ccc2c(c1)CCC2.NCc1cccc(C(=O)N(CC(=O)O)C2CCNCC2)c1.O=C(O)C(F)(F)F.O=C(O)C(F)(F)F. The summed E-state index contributed by atoms with van der Waals surface area (Å²) in [5, 5.41) is 26.5. The van der Waals surface area contributed by atoms with Gasteiger partial charge in [0.05, 0.1) is 0 Å². The van der Waals surface area contributed by atoms with E-state index < -0.39 is 30.3 Å². The molecule has 47 heavy (non-hydrogen) atoms. The van der Waals surface area contributed by atoms with Crippen molar-refractivity contribution in [2.24, 2.45) is 11.5 Å². The second kappa shape index (κ2) is 18.4. The van der Waals surface area contributed by atoms with Crippen molar-refractivity contribution < 1.29 is 65.6 Å². The first kappa shape index (κ1) is 40.3. The van der Waals surface area contributed by atoms with Crippen LogP contribution >= 0.6 is 0 Å². The maximum atomic E-state index is 12.6. The number of halogens is 6. The van der Waals surface area contributed by atoms with Gasteiger partial charge in [-0.3, -0.25) is 14.4 Å². The van der Waals surface area contributed by atoms with Gasteiger partial charge in [0.15, 0.2) is 0 Å². The first-order chi connectivity index (χ1) is 21.8. The molecule has 0 saturated carbocycles. The van der Waals surface area contributed by atoms with Gasteiger partial charge in [-0.25, -0.2) is 9.59 Å². The zero-order valence-electron chi connectivity index (χ0n) is 24.7. The predicted molar refractivity (Wildman–Crippen MR) is 153 cm³/mol. The second-order valence-electron chi connectivity index (χ2n) is 10.0. The van der Waals surface area contributed by atoms with Crippen molar-refractivity contribution in [1.82, 2.24) is 10.2 Å². The lowest BCUT2D eigenvalue weighted by molar-refractivity contribution is -0.193. The van der Waals surface area contributed by atoms with E-state index in [1.54, 1.807) is 18.2 Å². The quantitative estimate of drug-likeness (QED) is 0.246. The summed E-state index contributed by atoms with van der Waals surface area (Å²) in [6.45, 7) is 1.69. The summed E-state index contributed by atoms with van der Waals surface area (Å²) in [4.78, 5) is 53.8. The van der Waals surface area contributed by atoms with Gasteiger partial charge in [0.25, 0.3) is 5.91 Å². The summed E-state index contributed by atoms with van der Waals surface area (Å²) in [7, 11) is 0. The van der Waals surface area contributed by atoms with Crippen LogP contribution in [0.5, 0.6) is 0 Å². The Morgan fingerprint density at radius 1 is 0.809 bits per heavy atom. The van der Waals surface area contributed by atoms with Crippen LogP contribution in [-0.2, 0) is 33.8 Å². The molecule has 18 heteroatoms. The third-order valence-electron chi connectivity index (χ3n) is 6.59. The van der Waals surface area contributed by atoms with Crippen LogP contribution in [0.3, 0.4) is 0 Å². The van der Waals surface area contributed by atoms with Crippen LogP contribution in [0.4, 0.5) is 26.3 Å². The first-order valence-electron chi connectivity index (χ1n) is 13.8. The third-order valence-corrected chi connectivity index (χ3v) is 6.59. The fourth-order valence-electron chi connectivity index (χ4n) is 4.35. The van der Waals surface area contributed by atoms with Gasteiger partial charge in [-0.05, 0) is 86.1 Å². The van der Waals surface area contributed by atoms with Crippen molar-refractivity contribution in [3.8, 4) is 0 Å². The lowest BCUT2D eigenvalue weighted by Crippen LogP contribution is -2.48. The van der Waals surface area contributed by atoms with Crippen molar-refractivity contribution >= 4 is 29.7 Å². The lowest BCUT2D eigenvalue weighted by atomic mass is 10.0. The lowest BCUT2D eigenvalue weighted by Gasteiger charge is -2.33.